The Morgan fingerprint density at radius 3 is 3.06 bits per heavy atom. The molecular weight excluding hydrogens is 244 g/mol. The van der Waals surface area contributed by atoms with E-state index in [2.05, 4.69) is 9.72 Å². The summed E-state index contributed by atoms with van der Waals surface area (Å²) in [7, 11) is 1.35. The van der Waals surface area contributed by atoms with Crippen molar-refractivity contribution in [2.45, 2.75) is 19.4 Å². The molecule has 90 valence electrons. The molecule has 1 rings (SSSR count). The Labute approximate surface area is 104 Å². The molecule has 0 saturated carbocycles. The first-order chi connectivity index (χ1) is 7.65. The topological polar surface area (TPSA) is 65.2 Å². The van der Waals surface area contributed by atoms with Crippen molar-refractivity contribution in [3.05, 3.63) is 16.1 Å². The van der Waals surface area contributed by atoms with Gasteiger partial charge < -0.3 is 10.5 Å². The van der Waals surface area contributed by atoms with Crippen molar-refractivity contribution in [2.24, 2.45) is 5.73 Å². The fourth-order valence-corrected chi connectivity index (χ4v) is 2.98. The van der Waals surface area contributed by atoms with Crippen LogP contribution in [0.5, 0.6) is 0 Å². The van der Waals surface area contributed by atoms with Crippen LogP contribution in [0.15, 0.2) is 5.51 Å². The van der Waals surface area contributed by atoms with Crippen LogP contribution in [0, 0.1) is 6.92 Å². The number of methoxy groups -OCH3 is 1. The van der Waals surface area contributed by atoms with Crippen LogP contribution in [0.1, 0.15) is 10.6 Å². The molecule has 2 N–H and O–H groups in total. The van der Waals surface area contributed by atoms with E-state index >= 15 is 0 Å². The van der Waals surface area contributed by atoms with Crippen molar-refractivity contribution < 1.29 is 9.53 Å². The molecule has 1 unspecified atom stereocenters. The first-order valence-electron chi connectivity index (χ1n) is 4.95. The van der Waals surface area contributed by atoms with Crippen LogP contribution in [0.3, 0.4) is 0 Å². The van der Waals surface area contributed by atoms with Gasteiger partial charge in [0.1, 0.15) is 6.04 Å². The normalized spacial score (nSPS) is 12.4. The molecule has 4 nitrogen and oxygen atoms in total. The van der Waals surface area contributed by atoms with Crippen LogP contribution < -0.4 is 5.73 Å². The molecule has 0 saturated heterocycles. The van der Waals surface area contributed by atoms with Gasteiger partial charge in [-0.15, -0.1) is 11.3 Å². The Morgan fingerprint density at radius 1 is 1.75 bits per heavy atom. The number of aryl methyl sites for hydroxylation is 2. The zero-order valence-electron chi connectivity index (χ0n) is 9.43. The molecule has 6 heteroatoms. The Morgan fingerprint density at radius 2 is 2.50 bits per heavy atom. The van der Waals surface area contributed by atoms with Crippen LogP contribution in [-0.4, -0.2) is 35.6 Å². The number of rotatable bonds is 6. The van der Waals surface area contributed by atoms with Gasteiger partial charge in [0.05, 0.1) is 18.3 Å². The van der Waals surface area contributed by atoms with E-state index in [1.54, 1.807) is 23.1 Å². The smallest absolute Gasteiger partial charge is 0.323 e. The number of thiazole rings is 1. The third kappa shape index (κ3) is 4.11. The third-order valence-electron chi connectivity index (χ3n) is 2.12. The highest BCUT2D eigenvalue weighted by molar-refractivity contribution is 7.99. The average Bonchev–Trinajstić information content (AvgIpc) is 2.69. The fraction of sp³-hybridized carbons (Fsp3) is 0.600. The SMILES string of the molecule is COC(=O)C(N)CSCCc1scnc1C. The number of hydrogen-bond acceptors (Lipinski definition) is 6. The Kier molecular flexibility index (Phi) is 5.79. The molecule has 0 amide bonds. The number of ether oxygens (including phenoxy) is 1. The lowest BCUT2D eigenvalue weighted by Gasteiger charge is -2.08. The van der Waals surface area contributed by atoms with E-state index in [-0.39, 0.29) is 5.97 Å². The van der Waals surface area contributed by atoms with Gasteiger partial charge in [-0.1, -0.05) is 0 Å². The second-order valence-electron chi connectivity index (χ2n) is 3.32. The predicted molar refractivity (Wildman–Crippen MR) is 67.9 cm³/mol. The van der Waals surface area contributed by atoms with Crippen molar-refractivity contribution in [2.75, 3.05) is 18.6 Å². The molecule has 16 heavy (non-hydrogen) atoms. The first-order valence-corrected chi connectivity index (χ1v) is 6.98. The number of hydrogen-bond donors (Lipinski definition) is 1. The van der Waals surface area contributed by atoms with Gasteiger partial charge in [0.25, 0.3) is 0 Å². The van der Waals surface area contributed by atoms with Crippen molar-refractivity contribution >= 4 is 29.1 Å². The highest BCUT2D eigenvalue weighted by Gasteiger charge is 2.13. The molecular formula is C10H16N2O2S2. The second-order valence-corrected chi connectivity index (χ2v) is 5.40. The molecule has 0 aromatic carbocycles. The standard InChI is InChI=1S/C10H16N2O2S2/c1-7-9(16-6-12-7)3-4-15-5-8(11)10(13)14-2/h6,8H,3-5,11H2,1-2H3. The van der Waals surface area contributed by atoms with E-state index in [9.17, 15) is 4.79 Å². The number of nitrogens with two attached hydrogens (primary N) is 1. The van der Waals surface area contributed by atoms with Gasteiger partial charge in [-0.2, -0.15) is 11.8 Å². The number of aromatic nitrogens is 1. The van der Waals surface area contributed by atoms with Gasteiger partial charge in [0.15, 0.2) is 0 Å². The summed E-state index contributed by atoms with van der Waals surface area (Å²) in [6.07, 6.45) is 0.981. The summed E-state index contributed by atoms with van der Waals surface area (Å²) in [5.74, 6) is 1.21. The maximum Gasteiger partial charge on any atom is 0.323 e. The molecule has 0 bridgehead atoms. The largest absolute Gasteiger partial charge is 0.468 e. The molecule has 0 aliphatic carbocycles. The molecule has 1 aromatic heterocycles. The second kappa shape index (κ2) is 6.88. The number of carbonyl (C=O) groups is 1. The minimum atomic E-state index is -0.516. The van der Waals surface area contributed by atoms with Gasteiger partial charge in [0.2, 0.25) is 0 Å². The van der Waals surface area contributed by atoms with E-state index in [4.69, 9.17) is 5.73 Å². The molecule has 0 radical (unpaired) electrons. The summed E-state index contributed by atoms with van der Waals surface area (Å²) in [4.78, 5) is 16.5. The number of thioether (sulfide) groups is 1. The zero-order chi connectivity index (χ0) is 12.0. The lowest BCUT2D eigenvalue weighted by Crippen LogP contribution is -2.34. The summed E-state index contributed by atoms with van der Waals surface area (Å²) in [5.41, 5.74) is 8.57. The minimum absolute atomic E-state index is 0.346. The lowest BCUT2D eigenvalue weighted by molar-refractivity contribution is -0.141. The van der Waals surface area contributed by atoms with Crippen molar-refractivity contribution in [3.8, 4) is 0 Å². The van der Waals surface area contributed by atoms with E-state index in [1.165, 1.54) is 12.0 Å². The van der Waals surface area contributed by atoms with Crippen LogP contribution in [0.25, 0.3) is 0 Å². The quantitative estimate of drug-likeness (QED) is 0.615. The van der Waals surface area contributed by atoms with Crippen molar-refractivity contribution in [1.29, 1.82) is 0 Å². The zero-order valence-corrected chi connectivity index (χ0v) is 11.1. The van der Waals surface area contributed by atoms with E-state index in [1.807, 2.05) is 12.4 Å². The molecule has 1 aromatic rings. The maximum atomic E-state index is 11.0. The highest BCUT2D eigenvalue weighted by atomic mass is 32.2. The van der Waals surface area contributed by atoms with Gasteiger partial charge in [-0.25, -0.2) is 4.98 Å². The maximum absolute atomic E-state index is 11.0. The van der Waals surface area contributed by atoms with Crippen molar-refractivity contribution in [1.82, 2.24) is 4.98 Å². The predicted octanol–water partition coefficient (Wildman–Crippen LogP) is 1.23. The lowest BCUT2D eigenvalue weighted by atomic mass is 10.3. The fourth-order valence-electron chi connectivity index (χ4n) is 1.16. The van der Waals surface area contributed by atoms with Crippen LogP contribution >= 0.6 is 23.1 Å². The van der Waals surface area contributed by atoms with Crippen LogP contribution in [0.2, 0.25) is 0 Å². The molecule has 0 aliphatic rings. The number of esters is 1. The van der Waals surface area contributed by atoms with E-state index in [0.717, 1.165) is 17.9 Å². The summed E-state index contributed by atoms with van der Waals surface area (Å²) in [6.45, 7) is 2.01. The minimum Gasteiger partial charge on any atom is -0.468 e. The third-order valence-corrected chi connectivity index (χ3v) is 4.20. The monoisotopic (exact) mass is 260 g/mol. The molecule has 0 spiro atoms. The summed E-state index contributed by atoms with van der Waals surface area (Å²) in [5, 5.41) is 0. The highest BCUT2D eigenvalue weighted by Crippen LogP contribution is 2.15. The number of nitrogens with zero attached hydrogens (tertiary/aromatic N) is 1. The molecule has 1 heterocycles. The Balaban J connectivity index is 2.17. The summed E-state index contributed by atoms with van der Waals surface area (Å²) in [6, 6.07) is -0.516. The summed E-state index contributed by atoms with van der Waals surface area (Å²) < 4.78 is 4.55. The molecule has 0 aliphatic heterocycles. The molecule has 0 fully saturated rings. The van der Waals surface area contributed by atoms with E-state index < -0.39 is 6.04 Å². The van der Waals surface area contributed by atoms with E-state index in [0.29, 0.717) is 5.75 Å². The number of carbonyl (C=O) groups excluding carboxylic acids is 1. The van der Waals surface area contributed by atoms with Crippen LogP contribution in [0.4, 0.5) is 0 Å². The van der Waals surface area contributed by atoms with Gasteiger partial charge in [-0.3, -0.25) is 4.79 Å². The van der Waals surface area contributed by atoms with Crippen LogP contribution in [-0.2, 0) is 16.0 Å². The van der Waals surface area contributed by atoms with Gasteiger partial charge in [0, 0.05) is 10.6 Å². The average molecular weight is 260 g/mol. The van der Waals surface area contributed by atoms with Crippen molar-refractivity contribution in [3.63, 3.8) is 0 Å². The first kappa shape index (κ1) is 13.5. The van der Waals surface area contributed by atoms with Gasteiger partial charge in [-0.05, 0) is 19.1 Å². The van der Waals surface area contributed by atoms with Gasteiger partial charge >= 0.3 is 5.97 Å². The summed E-state index contributed by atoms with van der Waals surface area (Å²) >= 11 is 3.34. The molecule has 1 atom stereocenters. The Hall–Kier alpha value is -0.590. The Bertz CT molecular complexity index is 341.